The molecule has 1 N–H and O–H groups in total. The number of rotatable bonds is 5. The summed E-state index contributed by atoms with van der Waals surface area (Å²) in [4.78, 5) is 13.3. The largest absolute Gasteiger partial charge is 0.469 e. The van der Waals surface area contributed by atoms with Gasteiger partial charge in [0.1, 0.15) is 0 Å². The fourth-order valence-corrected chi connectivity index (χ4v) is 1.96. The molecule has 0 radical (unpaired) electrons. The van der Waals surface area contributed by atoms with E-state index in [-0.39, 0.29) is 5.97 Å². The van der Waals surface area contributed by atoms with Gasteiger partial charge in [0.2, 0.25) is 0 Å². The molecule has 1 fully saturated rings. The molecule has 0 aliphatic carbocycles. The molecule has 0 saturated carbocycles. The van der Waals surface area contributed by atoms with Crippen LogP contribution in [0.1, 0.15) is 25.7 Å². The van der Waals surface area contributed by atoms with E-state index in [0.717, 1.165) is 13.1 Å². The van der Waals surface area contributed by atoms with Crippen LogP contribution in [0.25, 0.3) is 0 Å². The van der Waals surface area contributed by atoms with Crippen molar-refractivity contribution in [3.63, 3.8) is 0 Å². The molecule has 0 bridgehead atoms. The molecular weight excluding hydrogens is 192 g/mol. The van der Waals surface area contributed by atoms with Crippen LogP contribution in [-0.2, 0) is 9.53 Å². The van der Waals surface area contributed by atoms with E-state index in [4.69, 9.17) is 0 Å². The maximum absolute atomic E-state index is 10.9. The Kier molecular flexibility index (Phi) is 5.65. The van der Waals surface area contributed by atoms with Crippen molar-refractivity contribution in [2.24, 2.45) is 0 Å². The lowest BCUT2D eigenvalue weighted by atomic mass is 10.0. The van der Waals surface area contributed by atoms with Gasteiger partial charge in [-0.15, -0.1) is 0 Å². The number of esters is 1. The molecule has 1 saturated heterocycles. The van der Waals surface area contributed by atoms with Crippen molar-refractivity contribution in [3.8, 4) is 0 Å². The van der Waals surface area contributed by atoms with Gasteiger partial charge >= 0.3 is 5.97 Å². The number of methoxy groups -OCH3 is 1. The number of hydrogen-bond acceptors (Lipinski definition) is 4. The Balaban J connectivity index is 2.06. The van der Waals surface area contributed by atoms with Crippen molar-refractivity contribution in [2.45, 2.75) is 31.7 Å². The fourth-order valence-electron chi connectivity index (χ4n) is 1.96. The molecule has 1 rings (SSSR count). The first-order chi connectivity index (χ1) is 7.24. The zero-order valence-corrected chi connectivity index (χ0v) is 9.79. The Morgan fingerprint density at radius 3 is 3.00 bits per heavy atom. The van der Waals surface area contributed by atoms with Crippen LogP contribution in [0.2, 0.25) is 0 Å². The van der Waals surface area contributed by atoms with E-state index in [1.807, 2.05) is 0 Å². The van der Waals surface area contributed by atoms with Gasteiger partial charge in [-0.1, -0.05) is 6.42 Å². The summed E-state index contributed by atoms with van der Waals surface area (Å²) in [6.07, 6.45) is 4.37. The van der Waals surface area contributed by atoms with E-state index in [9.17, 15) is 4.79 Å². The number of ether oxygens (including phenoxy) is 1. The second-order valence-corrected chi connectivity index (χ2v) is 4.16. The van der Waals surface area contributed by atoms with Gasteiger partial charge in [0.25, 0.3) is 0 Å². The lowest BCUT2D eigenvalue weighted by Gasteiger charge is -2.32. The Morgan fingerprint density at radius 2 is 2.33 bits per heavy atom. The minimum atomic E-state index is -0.139. The summed E-state index contributed by atoms with van der Waals surface area (Å²) in [5, 5.41) is 3.31. The van der Waals surface area contributed by atoms with Gasteiger partial charge in [-0.25, -0.2) is 0 Å². The lowest BCUT2D eigenvalue weighted by Crippen LogP contribution is -2.43. The molecule has 0 aromatic rings. The van der Waals surface area contributed by atoms with Crippen molar-refractivity contribution in [3.05, 3.63) is 0 Å². The minimum absolute atomic E-state index is 0.139. The Bertz CT molecular complexity index is 197. The highest BCUT2D eigenvalue weighted by Gasteiger charge is 2.17. The molecule has 88 valence electrons. The summed E-state index contributed by atoms with van der Waals surface area (Å²) in [5.74, 6) is -0.139. The van der Waals surface area contributed by atoms with Gasteiger partial charge in [-0.05, 0) is 26.4 Å². The summed E-state index contributed by atoms with van der Waals surface area (Å²) in [5.41, 5.74) is 0. The number of carbonyl (C=O) groups is 1. The maximum Gasteiger partial charge on any atom is 0.306 e. The van der Waals surface area contributed by atoms with E-state index >= 15 is 0 Å². The number of hydrogen-bond donors (Lipinski definition) is 1. The second kappa shape index (κ2) is 6.80. The van der Waals surface area contributed by atoms with Crippen molar-refractivity contribution in [1.29, 1.82) is 0 Å². The van der Waals surface area contributed by atoms with Gasteiger partial charge in [0.05, 0.1) is 13.5 Å². The number of carbonyl (C=O) groups excluding carboxylic acids is 1. The third-order valence-electron chi connectivity index (χ3n) is 3.04. The number of piperidine rings is 1. The highest BCUT2D eigenvalue weighted by Crippen LogP contribution is 2.13. The molecule has 1 heterocycles. The first-order valence-electron chi connectivity index (χ1n) is 5.72. The third kappa shape index (κ3) is 4.62. The number of nitrogens with zero attached hydrogens (tertiary/aromatic N) is 1. The van der Waals surface area contributed by atoms with Crippen LogP contribution in [0.4, 0.5) is 0 Å². The van der Waals surface area contributed by atoms with Crippen molar-refractivity contribution in [1.82, 2.24) is 10.2 Å². The van der Waals surface area contributed by atoms with Crippen molar-refractivity contribution in [2.75, 3.05) is 33.8 Å². The molecular formula is C11H22N2O2. The Morgan fingerprint density at radius 1 is 1.53 bits per heavy atom. The average Bonchev–Trinajstić information content (AvgIpc) is 2.26. The first kappa shape index (κ1) is 12.5. The van der Waals surface area contributed by atoms with Crippen LogP contribution in [-0.4, -0.2) is 50.7 Å². The van der Waals surface area contributed by atoms with Gasteiger partial charge in [0.15, 0.2) is 0 Å². The summed E-state index contributed by atoms with van der Waals surface area (Å²) < 4.78 is 4.57. The monoisotopic (exact) mass is 214 g/mol. The van der Waals surface area contributed by atoms with Crippen LogP contribution >= 0.6 is 0 Å². The Labute approximate surface area is 92.0 Å². The molecule has 1 aliphatic rings. The van der Waals surface area contributed by atoms with Crippen LogP contribution in [0.5, 0.6) is 0 Å². The molecule has 0 aromatic heterocycles. The Hall–Kier alpha value is -0.610. The number of nitrogens with one attached hydrogen (secondary N) is 1. The second-order valence-electron chi connectivity index (χ2n) is 4.16. The van der Waals surface area contributed by atoms with Crippen LogP contribution in [0.3, 0.4) is 0 Å². The first-order valence-corrected chi connectivity index (χ1v) is 5.72. The lowest BCUT2D eigenvalue weighted by molar-refractivity contribution is -0.140. The highest BCUT2D eigenvalue weighted by molar-refractivity contribution is 5.69. The quantitative estimate of drug-likeness (QED) is 0.538. The normalized spacial score (nSPS) is 22.7. The fraction of sp³-hybridized carbons (Fsp3) is 0.909. The topological polar surface area (TPSA) is 41.6 Å². The van der Waals surface area contributed by atoms with Crippen LogP contribution in [0.15, 0.2) is 0 Å². The summed E-state index contributed by atoms with van der Waals surface area (Å²) in [6.45, 7) is 2.90. The van der Waals surface area contributed by atoms with Gasteiger partial charge in [0, 0.05) is 19.1 Å². The average molecular weight is 214 g/mol. The molecule has 1 atom stereocenters. The van der Waals surface area contributed by atoms with E-state index in [1.165, 1.54) is 32.9 Å². The minimum Gasteiger partial charge on any atom is -0.469 e. The third-order valence-corrected chi connectivity index (χ3v) is 3.04. The zero-order valence-electron chi connectivity index (χ0n) is 9.79. The van der Waals surface area contributed by atoms with Crippen LogP contribution < -0.4 is 5.32 Å². The summed E-state index contributed by atoms with van der Waals surface area (Å²) in [6, 6.07) is 0.636. The summed E-state index contributed by atoms with van der Waals surface area (Å²) in [7, 11) is 3.60. The molecule has 0 aromatic carbocycles. The number of likely N-dealkylation sites (tertiary alicyclic amines) is 1. The highest BCUT2D eigenvalue weighted by atomic mass is 16.5. The molecule has 0 spiro atoms. The predicted molar refractivity (Wildman–Crippen MR) is 59.8 cm³/mol. The molecule has 4 nitrogen and oxygen atoms in total. The smallest absolute Gasteiger partial charge is 0.306 e. The molecule has 4 heteroatoms. The van der Waals surface area contributed by atoms with Gasteiger partial charge in [-0.2, -0.15) is 0 Å². The van der Waals surface area contributed by atoms with E-state index in [0.29, 0.717) is 12.5 Å². The van der Waals surface area contributed by atoms with E-state index in [2.05, 4.69) is 22.0 Å². The molecule has 0 amide bonds. The van der Waals surface area contributed by atoms with Crippen molar-refractivity contribution >= 4 is 5.97 Å². The molecule has 1 aliphatic heterocycles. The summed E-state index contributed by atoms with van der Waals surface area (Å²) >= 11 is 0. The van der Waals surface area contributed by atoms with Crippen molar-refractivity contribution < 1.29 is 9.53 Å². The predicted octanol–water partition coefficient (Wildman–Crippen LogP) is 0.623. The number of likely N-dealkylation sites (N-methyl/N-ethyl adjacent to an activating group) is 1. The van der Waals surface area contributed by atoms with Gasteiger partial charge in [-0.3, -0.25) is 4.79 Å². The van der Waals surface area contributed by atoms with E-state index < -0.39 is 0 Å². The van der Waals surface area contributed by atoms with Gasteiger partial charge < -0.3 is 15.0 Å². The molecule has 15 heavy (non-hydrogen) atoms. The standard InChI is InChI=1S/C11H22N2O2/c1-13-8-4-3-5-10(13)9-12-7-6-11(14)15-2/h10,12H,3-9H2,1-2H3. The molecule has 1 unspecified atom stereocenters. The SMILES string of the molecule is COC(=O)CCNCC1CCCCN1C. The van der Waals surface area contributed by atoms with E-state index in [1.54, 1.807) is 0 Å². The maximum atomic E-state index is 10.9. The zero-order chi connectivity index (χ0) is 11.1. The van der Waals surface area contributed by atoms with Crippen LogP contribution in [0, 0.1) is 0 Å².